The normalized spacial score (nSPS) is 25.1. The Morgan fingerprint density at radius 1 is 1.50 bits per heavy atom. The van der Waals surface area contributed by atoms with Crippen LogP contribution in [-0.4, -0.2) is 48.2 Å². The van der Waals surface area contributed by atoms with Gasteiger partial charge in [0.25, 0.3) is 5.91 Å². The lowest BCUT2D eigenvalue weighted by Gasteiger charge is -2.23. The average molecular weight is 302 g/mol. The average Bonchev–Trinajstić information content (AvgIpc) is 2.96. The molecule has 0 radical (unpaired) electrons. The number of methoxy groups -OCH3 is 1. The zero-order chi connectivity index (χ0) is 13.2. The maximum Gasteiger partial charge on any atom is 0.276 e. The highest BCUT2D eigenvalue weighted by atomic mass is 35.5. The Labute approximate surface area is 124 Å². The van der Waals surface area contributed by atoms with Crippen molar-refractivity contribution in [1.29, 1.82) is 0 Å². The van der Waals surface area contributed by atoms with Gasteiger partial charge in [-0.25, -0.2) is 0 Å². The number of halogens is 1. The first-order valence-electron chi connectivity index (χ1n) is 6.76. The van der Waals surface area contributed by atoms with Crippen molar-refractivity contribution in [2.45, 2.75) is 38.0 Å². The van der Waals surface area contributed by atoms with Crippen LogP contribution in [0.2, 0.25) is 0 Å². The predicted molar refractivity (Wildman–Crippen MR) is 74.9 cm³/mol. The number of amides is 1. The highest BCUT2D eigenvalue weighted by molar-refractivity contribution is 5.92. The molecule has 2 aliphatic heterocycles. The molecular weight excluding hydrogens is 282 g/mol. The quantitative estimate of drug-likeness (QED) is 0.909. The monoisotopic (exact) mass is 301 g/mol. The molecule has 1 N–H and O–H groups in total. The van der Waals surface area contributed by atoms with E-state index in [4.69, 9.17) is 9.26 Å². The number of nitrogens with one attached hydrogen (secondary N) is 1. The molecule has 0 aliphatic carbocycles. The minimum Gasteiger partial charge on any atom is -0.377 e. The highest BCUT2D eigenvalue weighted by Gasteiger charge is 2.32. The smallest absolute Gasteiger partial charge is 0.276 e. The lowest BCUT2D eigenvalue weighted by molar-refractivity contribution is 0.0737. The fourth-order valence-electron chi connectivity index (χ4n) is 2.91. The van der Waals surface area contributed by atoms with E-state index in [0.717, 1.165) is 25.9 Å². The molecule has 1 amide bonds. The second-order valence-corrected chi connectivity index (χ2v) is 5.29. The molecule has 3 rings (SSSR count). The molecule has 20 heavy (non-hydrogen) atoms. The molecule has 6 nitrogen and oxygen atoms in total. The van der Waals surface area contributed by atoms with Crippen molar-refractivity contribution in [1.82, 2.24) is 15.4 Å². The van der Waals surface area contributed by atoms with E-state index < -0.39 is 0 Å². The molecule has 2 fully saturated rings. The maximum atomic E-state index is 12.4. The third kappa shape index (κ3) is 3.13. The van der Waals surface area contributed by atoms with Gasteiger partial charge in [0.1, 0.15) is 6.61 Å². The van der Waals surface area contributed by atoms with E-state index in [9.17, 15) is 4.79 Å². The van der Waals surface area contributed by atoms with Gasteiger partial charge >= 0.3 is 0 Å². The van der Waals surface area contributed by atoms with E-state index in [-0.39, 0.29) is 18.3 Å². The van der Waals surface area contributed by atoms with Gasteiger partial charge in [0.2, 0.25) is 0 Å². The largest absolute Gasteiger partial charge is 0.377 e. The van der Waals surface area contributed by atoms with Crippen molar-refractivity contribution in [2.75, 3.05) is 20.2 Å². The summed E-state index contributed by atoms with van der Waals surface area (Å²) in [5.41, 5.74) is 0.379. The van der Waals surface area contributed by atoms with Crippen LogP contribution < -0.4 is 5.32 Å². The van der Waals surface area contributed by atoms with Gasteiger partial charge in [0.15, 0.2) is 11.5 Å². The molecule has 112 valence electrons. The summed E-state index contributed by atoms with van der Waals surface area (Å²) >= 11 is 0. The standard InChI is InChI=1S/C13H19N3O3.ClH/c1-18-8-11-6-12(15-19-11)13(17)16-5-4-9-2-3-10(7-16)14-9;/h6,9-10,14H,2-5,7-8H2,1H3;1H. The lowest BCUT2D eigenvalue weighted by atomic mass is 10.1. The van der Waals surface area contributed by atoms with Gasteiger partial charge in [0, 0.05) is 38.3 Å². The first-order chi connectivity index (χ1) is 9.26. The second kappa shape index (κ2) is 6.56. The van der Waals surface area contributed by atoms with Crippen molar-refractivity contribution in [2.24, 2.45) is 0 Å². The minimum atomic E-state index is -0.0412. The Morgan fingerprint density at radius 2 is 2.30 bits per heavy atom. The summed E-state index contributed by atoms with van der Waals surface area (Å²) in [6.45, 7) is 1.90. The first kappa shape index (κ1) is 15.3. The van der Waals surface area contributed by atoms with Crippen molar-refractivity contribution in [3.63, 3.8) is 0 Å². The van der Waals surface area contributed by atoms with Crippen LogP contribution in [0.3, 0.4) is 0 Å². The predicted octanol–water partition coefficient (Wildman–Crippen LogP) is 1.21. The van der Waals surface area contributed by atoms with E-state index in [0.29, 0.717) is 30.1 Å². The topological polar surface area (TPSA) is 67.6 Å². The van der Waals surface area contributed by atoms with E-state index in [1.54, 1.807) is 13.2 Å². The fraction of sp³-hybridized carbons (Fsp3) is 0.692. The van der Waals surface area contributed by atoms with E-state index in [1.165, 1.54) is 6.42 Å². The third-order valence-corrected chi connectivity index (χ3v) is 3.88. The summed E-state index contributed by atoms with van der Waals surface area (Å²) < 4.78 is 10.0. The molecule has 2 atom stereocenters. The van der Waals surface area contributed by atoms with E-state index in [2.05, 4.69) is 10.5 Å². The minimum absolute atomic E-state index is 0. The third-order valence-electron chi connectivity index (χ3n) is 3.88. The van der Waals surface area contributed by atoms with Crippen LogP contribution in [0.1, 0.15) is 35.5 Å². The van der Waals surface area contributed by atoms with Crippen LogP contribution in [0.25, 0.3) is 0 Å². The number of hydrogen-bond acceptors (Lipinski definition) is 5. The Balaban J connectivity index is 0.00000147. The number of likely N-dealkylation sites (tertiary alicyclic amines) is 1. The Hall–Kier alpha value is -1.11. The van der Waals surface area contributed by atoms with Gasteiger partial charge in [-0.3, -0.25) is 4.79 Å². The fourth-order valence-corrected chi connectivity index (χ4v) is 2.91. The Kier molecular flexibility index (Phi) is 5.01. The molecule has 2 saturated heterocycles. The van der Waals surface area contributed by atoms with E-state index in [1.807, 2.05) is 4.90 Å². The summed E-state index contributed by atoms with van der Waals surface area (Å²) in [6.07, 6.45) is 3.40. The second-order valence-electron chi connectivity index (χ2n) is 5.29. The zero-order valence-corrected chi connectivity index (χ0v) is 12.3. The van der Waals surface area contributed by atoms with Gasteiger partial charge in [-0.2, -0.15) is 0 Å². The number of rotatable bonds is 3. The van der Waals surface area contributed by atoms with Crippen molar-refractivity contribution in [3.05, 3.63) is 17.5 Å². The van der Waals surface area contributed by atoms with Crippen LogP contribution in [0.15, 0.2) is 10.6 Å². The van der Waals surface area contributed by atoms with Crippen molar-refractivity contribution >= 4 is 18.3 Å². The van der Waals surface area contributed by atoms with Gasteiger partial charge < -0.3 is 19.5 Å². The van der Waals surface area contributed by atoms with Crippen LogP contribution in [-0.2, 0) is 11.3 Å². The molecule has 2 aliphatic rings. The molecule has 0 saturated carbocycles. The SMILES string of the molecule is COCc1cc(C(=O)N2CCC3CCC(C2)N3)no1.Cl. The number of nitrogens with zero attached hydrogens (tertiary/aromatic N) is 2. The molecule has 1 aromatic rings. The summed E-state index contributed by atoms with van der Waals surface area (Å²) in [5.74, 6) is 0.542. The molecule has 0 aromatic carbocycles. The number of aromatic nitrogens is 1. The summed E-state index contributed by atoms with van der Waals surface area (Å²) in [5, 5.41) is 7.39. The molecule has 2 unspecified atom stereocenters. The van der Waals surface area contributed by atoms with Crippen LogP contribution in [0.4, 0.5) is 0 Å². The molecule has 7 heteroatoms. The first-order valence-corrected chi connectivity index (χ1v) is 6.76. The van der Waals surface area contributed by atoms with Crippen molar-refractivity contribution in [3.8, 4) is 0 Å². The van der Waals surface area contributed by atoms with Gasteiger partial charge in [-0.15, -0.1) is 12.4 Å². The number of carbonyl (C=O) groups is 1. The van der Waals surface area contributed by atoms with Crippen LogP contribution in [0, 0.1) is 0 Å². The van der Waals surface area contributed by atoms with Crippen LogP contribution in [0.5, 0.6) is 0 Å². The Bertz CT molecular complexity index is 465. The zero-order valence-electron chi connectivity index (χ0n) is 11.5. The Morgan fingerprint density at radius 3 is 3.10 bits per heavy atom. The van der Waals surface area contributed by atoms with Gasteiger partial charge in [0.05, 0.1) is 0 Å². The van der Waals surface area contributed by atoms with Crippen molar-refractivity contribution < 1.29 is 14.1 Å². The number of carbonyl (C=O) groups excluding carboxylic acids is 1. The van der Waals surface area contributed by atoms with Crippen LogP contribution >= 0.6 is 12.4 Å². The van der Waals surface area contributed by atoms with Gasteiger partial charge in [-0.05, 0) is 19.3 Å². The molecule has 2 bridgehead atoms. The molecule has 3 heterocycles. The summed E-state index contributed by atoms with van der Waals surface area (Å²) in [6, 6.07) is 2.67. The maximum absolute atomic E-state index is 12.4. The summed E-state index contributed by atoms with van der Waals surface area (Å²) in [7, 11) is 1.58. The van der Waals surface area contributed by atoms with Gasteiger partial charge in [-0.1, -0.05) is 5.16 Å². The molecule has 0 spiro atoms. The number of hydrogen-bond donors (Lipinski definition) is 1. The molecule has 1 aromatic heterocycles. The van der Waals surface area contributed by atoms with E-state index >= 15 is 0 Å². The lowest BCUT2D eigenvalue weighted by Crippen LogP contribution is -2.39. The number of ether oxygens (including phenoxy) is 1. The summed E-state index contributed by atoms with van der Waals surface area (Å²) in [4.78, 5) is 14.3. The highest BCUT2D eigenvalue weighted by Crippen LogP contribution is 2.21. The molecular formula is C13H20ClN3O3. The number of fused-ring (bicyclic) bond motifs is 2.